The topological polar surface area (TPSA) is 26.3 Å². The normalized spacial score (nSPS) is 10.3. The molecule has 0 bridgehead atoms. The lowest BCUT2D eigenvalue weighted by molar-refractivity contribution is 0.112. The van der Waals surface area contributed by atoms with Crippen molar-refractivity contribution in [2.24, 2.45) is 0 Å². The molecule has 19 heavy (non-hydrogen) atoms. The fourth-order valence-electron chi connectivity index (χ4n) is 1.90. The van der Waals surface area contributed by atoms with Crippen molar-refractivity contribution in [3.05, 3.63) is 57.6 Å². The fraction of sp³-hybridized carbons (Fsp3) is 0.188. The van der Waals surface area contributed by atoms with Gasteiger partial charge in [-0.05, 0) is 55.7 Å². The monoisotopic (exact) mass is 274 g/mol. The summed E-state index contributed by atoms with van der Waals surface area (Å²) in [6.07, 6.45) is 0.752. The SMILES string of the molecule is Cc1ccc(C)c(Oc2ccc(Cl)cc2C=O)c1C. The second kappa shape index (κ2) is 5.45. The van der Waals surface area contributed by atoms with Crippen LogP contribution in [0.3, 0.4) is 0 Å². The molecule has 2 rings (SSSR count). The molecule has 0 heterocycles. The van der Waals surface area contributed by atoms with E-state index in [4.69, 9.17) is 16.3 Å². The molecular formula is C16H15ClO2. The maximum atomic E-state index is 11.1. The van der Waals surface area contributed by atoms with E-state index in [1.54, 1.807) is 18.2 Å². The van der Waals surface area contributed by atoms with Gasteiger partial charge < -0.3 is 4.74 Å². The van der Waals surface area contributed by atoms with E-state index in [1.807, 2.05) is 26.8 Å². The van der Waals surface area contributed by atoms with Crippen LogP contribution in [0, 0.1) is 20.8 Å². The molecule has 0 radical (unpaired) electrons. The van der Waals surface area contributed by atoms with Crippen LogP contribution in [-0.4, -0.2) is 6.29 Å². The minimum Gasteiger partial charge on any atom is -0.456 e. The summed E-state index contributed by atoms with van der Waals surface area (Å²) in [4.78, 5) is 11.1. The van der Waals surface area contributed by atoms with Crippen LogP contribution < -0.4 is 4.74 Å². The molecule has 0 aliphatic rings. The van der Waals surface area contributed by atoms with Crippen LogP contribution in [0.4, 0.5) is 0 Å². The van der Waals surface area contributed by atoms with Crippen molar-refractivity contribution in [3.63, 3.8) is 0 Å². The van der Waals surface area contributed by atoms with Crippen molar-refractivity contribution in [2.45, 2.75) is 20.8 Å². The third kappa shape index (κ3) is 2.79. The maximum Gasteiger partial charge on any atom is 0.153 e. The quantitative estimate of drug-likeness (QED) is 0.747. The number of halogens is 1. The second-order valence-electron chi connectivity index (χ2n) is 4.56. The van der Waals surface area contributed by atoms with E-state index in [9.17, 15) is 4.79 Å². The summed E-state index contributed by atoms with van der Waals surface area (Å²) in [5.41, 5.74) is 3.72. The van der Waals surface area contributed by atoms with Crippen LogP contribution in [0.15, 0.2) is 30.3 Å². The van der Waals surface area contributed by atoms with Gasteiger partial charge in [0.25, 0.3) is 0 Å². The zero-order valence-corrected chi connectivity index (χ0v) is 11.9. The van der Waals surface area contributed by atoms with E-state index in [0.29, 0.717) is 16.3 Å². The number of aryl methyl sites for hydroxylation is 2. The summed E-state index contributed by atoms with van der Waals surface area (Å²) < 4.78 is 5.91. The van der Waals surface area contributed by atoms with Crippen LogP contribution in [0.25, 0.3) is 0 Å². The number of carbonyl (C=O) groups is 1. The van der Waals surface area contributed by atoms with Crippen molar-refractivity contribution >= 4 is 17.9 Å². The van der Waals surface area contributed by atoms with Crippen molar-refractivity contribution in [1.82, 2.24) is 0 Å². The average Bonchev–Trinajstić information content (AvgIpc) is 2.40. The second-order valence-corrected chi connectivity index (χ2v) is 4.99. The Labute approximate surface area is 118 Å². The zero-order valence-electron chi connectivity index (χ0n) is 11.2. The number of ether oxygens (including phenoxy) is 1. The summed E-state index contributed by atoms with van der Waals surface area (Å²) in [5, 5.41) is 0.520. The van der Waals surface area contributed by atoms with Crippen LogP contribution >= 0.6 is 11.6 Å². The molecule has 0 saturated carbocycles. The zero-order chi connectivity index (χ0) is 14.0. The smallest absolute Gasteiger partial charge is 0.153 e. The molecule has 2 nitrogen and oxygen atoms in total. The fourth-order valence-corrected chi connectivity index (χ4v) is 2.08. The van der Waals surface area contributed by atoms with Gasteiger partial charge in [0.2, 0.25) is 0 Å². The third-order valence-electron chi connectivity index (χ3n) is 3.18. The van der Waals surface area contributed by atoms with E-state index >= 15 is 0 Å². The first-order chi connectivity index (χ1) is 9.02. The molecule has 0 fully saturated rings. The number of benzene rings is 2. The van der Waals surface area contributed by atoms with Crippen LogP contribution in [-0.2, 0) is 0 Å². The highest BCUT2D eigenvalue weighted by atomic mass is 35.5. The van der Waals surface area contributed by atoms with Gasteiger partial charge in [0.1, 0.15) is 11.5 Å². The summed E-state index contributed by atoms with van der Waals surface area (Å²) in [5.74, 6) is 1.32. The van der Waals surface area contributed by atoms with Crippen molar-refractivity contribution in [2.75, 3.05) is 0 Å². The summed E-state index contributed by atoms with van der Waals surface area (Å²) in [7, 11) is 0. The molecule has 98 valence electrons. The Morgan fingerprint density at radius 1 is 1.05 bits per heavy atom. The minimum absolute atomic E-state index is 0.452. The summed E-state index contributed by atoms with van der Waals surface area (Å²) in [6.45, 7) is 6.02. The first-order valence-electron chi connectivity index (χ1n) is 6.02. The molecule has 2 aromatic carbocycles. The molecule has 3 heteroatoms. The molecule has 2 aromatic rings. The van der Waals surface area contributed by atoms with E-state index in [0.717, 1.165) is 28.7 Å². The molecule has 0 saturated heterocycles. The molecular weight excluding hydrogens is 260 g/mol. The third-order valence-corrected chi connectivity index (χ3v) is 3.42. The van der Waals surface area contributed by atoms with Crippen LogP contribution in [0.2, 0.25) is 5.02 Å². The van der Waals surface area contributed by atoms with Crippen LogP contribution in [0.1, 0.15) is 27.0 Å². The van der Waals surface area contributed by atoms with Gasteiger partial charge in [-0.25, -0.2) is 0 Å². The van der Waals surface area contributed by atoms with Gasteiger partial charge in [-0.2, -0.15) is 0 Å². The Morgan fingerprint density at radius 3 is 2.42 bits per heavy atom. The highest BCUT2D eigenvalue weighted by Gasteiger charge is 2.10. The van der Waals surface area contributed by atoms with E-state index in [2.05, 4.69) is 6.07 Å². The van der Waals surface area contributed by atoms with Crippen molar-refractivity contribution in [1.29, 1.82) is 0 Å². The largest absolute Gasteiger partial charge is 0.456 e. The first kappa shape index (κ1) is 13.6. The van der Waals surface area contributed by atoms with Gasteiger partial charge in [0.05, 0.1) is 5.56 Å². The lowest BCUT2D eigenvalue weighted by Gasteiger charge is -2.14. The molecule has 0 aliphatic heterocycles. The Morgan fingerprint density at radius 2 is 1.74 bits per heavy atom. The number of rotatable bonds is 3. The number of aldehydes is 1. The predicted molar refractivity (Wildman–Crippen MR) is 77.6 cm³/mol. The Hall–Kier alpha value is -1.80. The van der Waals surface area contributed by atoms with E-state index < -0.39 is 0 Å². The molecule has 0 aromatic heterocycles. The van der Waals surface area contributed by atoms with E-state index in [-0.39, 0.29) is 0 Å². The van der Waals surface area contributed by atoms with E-state index in [1.165, 1.54) is 0 Å². The van der Waals surface area contributed by atoms with Gasteiger partial charge in [0.15, 0.2) is 6.29 Å². The molecule has 0 amide bonds. The Balaban J connectivity index is 2.47. The summed E-state index contributed by atoms with van der Waals surface area (Å²) >= 11 is 5.87. The minimum atomic E-state index is 0.452. The summed E-state index contributed by atoms with van der Waals surface area (Å²) in [6, 6.07) is 9.09. The molecule has 0 atom stereocenters. The number of hydrogen-bond donors (Lipinski definition) is 0. The standard InChI is InChI=1S/C16H15ClO2/c1-10-4-5-11(2)16(12(10)3)19-15-7-6-14(17)8-13(15)9-18/h4-9H,1-3H3. The van der Waals surface area contributed by atoms with Crippen molar-refractivity contribution < 1.29 is 9.53 Å². The molecule has 0 unspecified atom stereocenters. The molecule has 0 aliphatic carbocycles. The Bertz CT molecular complexity index is 633. The number of carbonyl (C=O) groups excluding carboxylic acids is 1. The lowest BCUT2D eigenvalue weighted by Crippen LogP contribution is -1.96. The maximum absolute atomic E-state index is 11.1. The molecule has 0 spiro atoms. The van der Waals surface area contributed by atoms with Crippen LogP contribution in [0.5, 0.6) is 11.5 Å². The molecule has 0 N–H and O–H groups in total. The van der Waals surface area contributed by atoms with Gasteiger partial charge in [-0.3, -0.25) is 4.79 Å². The highest BCUT2D eigenvalue weighted by Crippen LogP contribution is 2.32. The first-order valence-corrected chi connectivity index (χ1v) is 6.40. The van der Waals surface area contributed by atoms with Gasteiger partial charge in [-0.1, -0.05) is 23.7 Å². The van der Waals surface area contributed by atoms with Gasteiger partial charge >= 0.3 is 0 Å². The van der Waals surface area contributed by atoms with Crippen molar-refractivity contribution in [3.8, 4) is 11.5 Å². The Kier molecular flexibility index (Phi) is 3.91. The predicted octanol–water partition coefficient (Wildman–Crippen LogP) is 4.87. The lowest BCUT2D eigenvalue weighted by atomic mass is 10.1. The van der Waals surface area contributed by atoms with Gasteiger partial charge in [0, 0.05) is 5.02 Å². The average molecular weight is 275 g/mol. The number of hydrogen-bond acceptors (Lipinski definition) is 2. The van der Waals surface area contributed by atoms with Gasteiger partial charge in [-0.15, -0.1) is 0 Å². The highest BCUT2D eigenvalue weighted by molar-refractivity contribution is 6.30.